The number of rotatable bonds is 4. The molecule has 0 saturated carbocycles. The number of anilines is 1. The summed E-state index contributed by atoms with van der Waals surface area (Å²) in [6.45, 7) is 0.777. The highest BCUT2D eigenvalue weighted by atomic mass is 19.4. The highest BCUT2D eigenvalue weighted by Gasteiger charge is 2.27. The zero-order valence-corrected chi connectivity index (χ0v) is 9.17. The van der Waals surface area contributed by atoms with Gasteiger partial charge >= 0.3 is 6.18 Å². The summed E-state index contributed by atoms with van der Waals surface area (Å²) in [6.07, 6.45) is -5.33. The van der Waals surface area contributed by atoms with Crippen molar-refractivity contribution in [3.63, 3.8) is 0 Å². The lowest BCUT2D eigenvalue weighted by molar-refractivity contribution is -0.139. The van der Waals surface area contributed by atoms with E-state index in [2.05, 4.69) is 0 Å². The second-order valence-corrected chi connectivity index (χ2v) is 3.53. The third kappa shape index (κ3) is 4.34. The quantitative estimate of drug-likeness (QED) is 0.657. The summed E-state index contributed by atoms with van der Waals surface area (Å²) in [6, 6.07) is 4.24. The van der Waals surface area contributed by atoms with Crippen molar-refractivity contribution in [1.82, 2.24) is 0 Å². The van der Waals surface area contributed by atoms with Crippen molar-refractivity contribution in [2.45, 2.75) is 19.5 Å². The van der Waals surface area contributed by atoms with Gasteiger partial charge in [0.2, 0.25) is 0 Å². The molecular weight excluding hydrogens is 235 g/mol. The number of carbonyl (C=O) groups is 1. The number of Topliss-reactive ketones (excluding diaryl/α,β-unsaturated/α-hetero) is 1. The molecule has 1 aromatic carbocycles. The van der Waals surface area contributed by atoms with Crippen molar-refractivity contribution in [2.24, 2.45) is 0 Å². The number of nitrogen functional groups attached to an aromatic ring is 1. The molecule has 0 unspecified atom stereocenters. The SMILES string of the molecule is CC(=O)c1cc(N)ccc1OCCC(F)(F)F. The molecule has 6 heteroatoms. The van der Waals surface area contributed by atoms with Crippen LogP contribution in [0.1, 0.15) is 23.7 Å². The van der Waals surface area contributed by atoms with Crippen molar-refractivity contribution >= 4 is 11.5 Å². The van der Waals surface area contributed by atoms with Gasteiger partial charge in [-0.15, -0.1) is 0 Å². The number of ketones is 1. The number of hydrogen-bond acceptors (Lipinski definition) is 3. The Hall–Kier alpha value is -1.72. The van der Waals surface area contributed by atoms with Crippen LogP contribution in [0, 0.1) is 0 Å². The first kappa shape index (κ1) is 13.3. The summed E-state index contributed by atoms with van der Waals surface area (Å²) >= 11 is 0. The zero-order valence-electron chi connectivity index (χ0n) is 9.17. The first-order valence-electron chi connectivity index (χ1n) is 4.89. The van der Waals surface area contributed by atoms with E-state index >= 15 is 0 Å². The molecule has 0 aliphatic carbocycles. The topological polar surface area (TPSA) is 52.3 Å². The lowest BCUT2D eigenvalue weighted by Crippen LogP contribution is -2.14. The van der Waals surface area contributed by atoms with Crippen LogP contribution in [0.15, 0.2) is 18.2 Å². The molecule has 2 N–H and O–H groups in total. The van der Waals surface area contributed by atoms with E-state index in [0.29, 0.717) is 5.69 Å². The maximum absolute atomic E-state index is 11.9. The summed E-state index contributed by atoms with van der Waals surface area (Å²) in [5.74, 6) is -0.185. The Morgan fingerprint density at radius 2 is 2.06 bits per heavy atom. The Balaban J connectivity index is 2.74. The maximum atomic E-state index is 11.9. The van der Waals surface area contributed by atoms with Crippen LogP contribution in [-0.2, 0) is 0 Å². The van der Waals surface area contributed by atoms with E-state index in [-0.39, 0.29) is 17.1 Å². The molecule has 94 valence electrons. The van der Waals surface area contributed by atoms with E-state index in [1.807, 2.05) is 0 Å². The van der Waals surface area contributed by atoms with Gasteiger partial charge in [0, 0.05) is 5.69 Å². The fourth-order valence-electron chi connectivity index (χ4n) is 1.23. The fourth-order valence-corrected chi connectivity index (χ4v) is 1.23. The van der Waals surface area contributed by atoms with E-state index in [4.69, 9.17) is 10.5 Å². The van der Waals surface area contributed by atoms with E-state index in [0.717, 1.165) is 0 Å². The van der Waals surface area contributed by atoms with Crippen molar-refractivity contribution in [3.8, 4) is 5.75 Å². The molecule has 0 radical (unpaired) electrons. The number of nitrogens with two attached hydrogens (primary N) is 1. The third-order valence-electron chi connectivity index (χ3n) is 2.03. The Labute approximate surface area is 96.4 Å². The lowest BCUT2D eigenvalue weighted by Gasteiger charge is -2.11. The average Bonchev–Trinajstić information content (AvgIpc) is 2.18. The highest BCUT2D eigenvalue weighted by Crippen LogP contribution is 2.24. The van der Waals surface area contributed by atoms with Gasteiger partial charge in [-0.3, -0.25) is 4.79 Å². The summed E-state index contributed by atoms with van der Waals surface area (Å²) in [7, 11) is 0. The molecule has 0 heterocycles. The van der Waals surface area contributed by atoms with Gasteiger partial charge in [0.25, 0.3) is 0 Å². The van der Waals surface area contributed by atoms with Crippen LogP contribution in [0.4, 0.5) is 18.9 Å². The van der Waals surface area contributed by atoms with Gasteiger partial charge in [0.1, 0.15) is 5.75 Å². The summed E-state index contributed by atoms with van der Waals surface area (Å²) in [4.78, 5) is 11.2. The number of alkyl halides is 3. The normalized spacial score (nSPS) is 11.3. The van der Waals surface area contributed by atoms with Gasteiger partial charge in [-0.05, 0) is 25.1 Å². The minimum Gasteiger partial charge on any atom is -0.492 e. The Bertz CT molecular complexity index is 416. The number of carbonyl (C=O) groups excluding carboxylic acids is 1. The van der Waals surface area contributed by atoms with Gasteiger partial charge in [0.05, 0.1) is 18.6 Å². The predicted octanol–water partition coefficient (Wildman–Crippen LogP) is 2.80. The second kappa shape index (κ2) is 5.07. The second-order valence-electron chi connectivity index (χ2n) is 3.53. The van der Waals surface area contributed by atoms with Crippen molar-refractivity contribution in [2.75, 3.05) is 12.3 Å². The highest BCUT2D eigenvalue weighted by molar-refractivity contribution is 5.97. The van der Waals surface area contributed by atoms with Crippen LogP contribution in [0.3, 0.4) is 0 Å². The van der Waals surface area contributed by atoms with Crippen LogP contribution < -0.4 is 10.5 Å². The number of benzene rings is 1. The smallest absolute Gasteiger partial charge is 0.392 e. The summed E-state index contributed by atoms with van der Waals surface area (Å²) < 4.78 is 40.7. The Morgan fingerprint density at radius 1 is 1.41 bits per heavy atom. The van der Waals surface area contributed by atoms with Crippen molar-refractivity contribution in [3.05, 3.63) is 23.8 Å². The van der Waals surface area contributed by atoms with Gasteiger partial charge in [-0.25, -0.2) is 0 Å². The van der Waals surface area contributed by atoms with E-state index in [1.165, 1.54) is 25.1 Å². The minimum absolute atomic E-state index is 0.121. The molecule has 0 atom stereocenters. The molecule has 0 bridgehead atoms. The van der Waals surface area contributed by atoms with Crippen LogP contribution in [-0.4, -0.2) is 18.6 Å². The molecule has 1 aromatic rings. The monoisotopic (exact) mass is 247 g/mol. The van der Waals surface area contributed by atoms with Crippen LogP contribution in [0.2, 0.25) is 0 Å². The third-order valence-corrected chi connectivity index (χ3v) is 2.03. The first-order valence-corrected chi connectivity index (χ1v) is 4.89. The van der Waals surface area contributed by atoms with E-state index in [9.17, 15) is 18.0 Å². The summed E-state index contributed by atoms with van der Waals surface area (Å²) in [5.41, 5.74) is 6.02. The minimum atomic E-state index is -4.27. The predicted molar refractivity (Wildman–Crippen MR) is 57.0 cm³/mol. The van der Waals surface area contributed by atoms with E-state index < -0.39 is 19.2 Å². The largest absolute Gasteiger partial charge is 0.492 e. The van der Waals surface area contributed by atoms with Gasteiger partial charge in [-0.1, -0.05) is 0 Å². The molecule has 0 spiro atoms. The number of hydrogen-bond donors (Lipinski definition) is 1. The number of halogens is 3. The molecule has 1 rings (SSSR count). The Kier molecular flexibility index (Phi) is 3.98. The van der Waals surface area contributed by atoms with Crippen LogP contribution >= 0.6 is 0 Å². The van der Waals surface area contributed by atoms with Gasteiger partial charge in [0.15, 0.2) is 5.78 Å². The van der Waals surface area contributed by atoms with Gasteiger partial charge in [-0.2, -0.15) is 13.2 Å². The van der Waals surface area contributed by atoms with Crippen molar-refractivity contribution in [1.29, 1.82) is 0 Å². The van der Waals surface area contributed by atoms with Crippen LogP contribution in [0.5, 0.6) is 5.75 Å². The standard InChI is InChI=1S/C11H12F3NO2/c1-7(16)9-6-8(15)2-3-10(9)17-5-4-11(12,13)14/h2-3,6H,4-5,15H2,1H3. The number of ether oxygens (including phenoxy) is 1. The molecule has 17 heavy (non-hydrogen) atoms. The lowest BCUT2D eigenvalue weighted by atomic mass is 10.1. The molecule has 0 aliphatic heterocycles. The molecule has 0 amide bonds. The molecule has 0 aliphatic rings. The van der Waals surface area contributed by atoms with Crippen molar-refractivity contribution < 1.29 is 22.7 Å². The molecular formula is C11H12F3NO2. The average molecular weight is 247 g/mol. The Morgan fingerprint density at radius 3 is 2.59 bits per heavy atom. The molecule has 0 fully saturated rings. The fraction of sp³-hybridized carbons (Fsp3) is 0.364. The zero-order chi connectivity index (χ0) is 13.1. The maximum Gasteiger partial charge on any atom is 0.392 e. The summed E-state index contributed by atoms with van der Waals surface area (Å²) in [5, 5.41) is 0. The van der Waals surface area contributed by atoms with Crippen LogP contribution in [0.25, 0.3) is 0 Å². The molecule has 3 nitrogen and oxygen atoms in total. The first-order chi connectivity index (χ1) is 7.79. The molecule has 0 saturated heterocycles. The molecule has 0 aromatic heterocycles. The van der Waals surface area contributed by atoms with E-state index in [1.54, 1.807) is 0 Å². The van der Waals surface area contributed by atoms with Gasteiger partial charge < -0.3 is 10.5 Å².